The summed E-state index contributed by atoms with van der Waals surface area (Å²) in [6.07, 6.45) is -0.162. The number of ketones is 1. The van der Waals surface area contributed by atoms with Crippen LogP contribution in [0.25, 0.3) is 5.76 Å². The molecule has 8 heteroatoms. The molecule has 1 saturated heterocycles. The van der Waals surface area contributed by atoms with Crippen molar-refractivity contribution in [3.05, 3.63) is 94.1 Å². The summed E-state index contributed by atoms with van der Waals surface area (Å²) in [6, 6.07) is 16.5. The molecule has 2 N–H and O–H groups in total. The third-order valence-corrected chi connectivity index (χ3v) is 6.74. The van der Waals surface area contributed by atoms with Gasteiger partial charge in [-0.15, -0.1) is 0 Å². The third kappa shape index (κ3) is 4.85. The van der Waals surface area contributed by atoms with Gasteiger partial charge in [-0.1, -0.05) is 24.3 Å². The van der Waals surface area contributed by atoms with Crippen LogP contribution in [0.4, 0.5) is 11.4 Å². The molecular formula is C30H30N2O6. The number of carboxylic acid groups (broad SMARTS) is 1. The standard InChI is InChI=1S/C30H30N2O6/c1-17-15-24(38-5)18(2)14-23(17)28(35)26-27(20-8-12-21(13-9-20)31(3)4)32(30(37)29(26)36)22-10-6-19(7-11-22)16-25(33)34/h6-15,27,35H,16H2,1-5H3,(H,33,34)/b28-26+. The van der Waals surface area contributed by atoms with Gasteiger partial charge in [0.05, 0.1) is 25.1 Å². The molecule has 8 nitrogen and oxygen atoms in total. The summed E-state index contributed by atoms with van der Waals surface area (Å²) < 4.78 is 5.39. The molecule has 3 aromatic carbocycles. The predicted octanol–water partition coefficient (Wildman–Crippen LogP) is 4.63. The summed E-state index contributed by atoms with van der Waals surface area (Å²) >= 11 is 0. The van der Waals surface area contributed by atoms with Crippen molar-refractivity contribution in [1.29, 1.82) is 0 Å². The molecule has 0 bridgehead atoms. The van der Waals surface area contributed by atoms with Gasteiger partial charge in [0, 0.05) is 31.0 Å². The Bertz CT molecular complexity index is 1440. The number of anilines is 2. The van der Waals surface area contributed by atoms with Crippen molar-refractivity contribution in [2.24, 2.45) is 0 Å². The maximum atomic E-state index is 13.5. The van der Waals surface area contributed by atoms with E-state index in [0.717, 1.165) is 11.3 Å². The summed E-state index contributed by atoms with van der Waals surface area (Å²) in [5.41, 5.74) is 4.45. The number of carbonyl (C=O) groups is 3. The molecule has 1 aliphatic heterocycles. The highest BCUT2D eigenvalue weighted by molar-refractivity contribution is 6.51. The van der Waals surface area contributed by atoms with Crippen molar-refractivity contribution in [1.82, 2.24) is 0 Å². The fourth-order valence-electron chi connectivity index (χ4n) is 4.73. The Kier molecular flexibility index (Phi) is 7.26. The number of rotatable bonds is 7. The van der Waals surface area contributed by atoms with Gasteiger partial charge in [0.2, 0.25) is 0 Å². The molecule has 38 heavy (non-hydrogen) atoms. The maximum Gasteiger partial charge on any atom is 0.307 e. The molecule has 1 fully saturated rings. The lowest BCUT2D eigenvalue weighted by Crippen LogP contribution is -2.29. The Morgan fingerprint density at radius 1 is 0.947 bits per heavy atom. The minimum absolute atomic E-state index is 0.0186. The molecule has 0 aromatic heterocycles. The number of aryl methyl sites for hydroxylation is 2. The minimum atomic E-state index is -0.968. The molecule has 0 radical (unpaired) electrons. The molecule has 1 atom stereocenters. The number of hydrogen-bond donors (Lipinski definition) is 2. The van der Waals surface area contributed by atoms with E-state index in [0.29, 0.717) is 33.7 Å². The number of methoxy groups -OCH3 is 1. The number of aliphatic hydroxyl groups is 1. The fraction of sp³-hybridized carbons (Fsp3) is 0.233. The number of hydrogen-bond acceptors (Lipinski definition) is 6. The van der Waals surface area contributed by atoms with Crippen LogP contribution < -0.4 is 14.5 Å². The molecule has 1 amide bonds. The van der Waals surface area contributed by atoms with E-state index in [1.807, 2.05) is 50.2 Å². The van der Waals surface area contributed by atoms with E-state index in [-0.39, 0.29) is 17.8 Å². The van der Waals surface area contributed by atoms with Crippen LogP contribution in [0.2, 0.25) is 0 Å². The lowest BCUT2D eigenvalue weighted by atomic mass is 9.92. The molecule has 3 aromatic rings. The van der Waals surface area contributed by atoms with Crippen LogP contribution in [0.3, 0.4) is 0 Å². The smallest absolute Gasteiger partial charge is 0.307 e. The summed E-state index contributed by atoms with van der Waals surface area (Å²) in [4.78, 5) is 41.3. The third-order valence-electron chi connectivity index (χ3n) is 6.74. The van der Waals surface area contributed by atoms with E-state index in [1.54, 1.807) is 50.4 Å². The Morgan fingerprint density at radius 3 is 2.13 bits per heavy atom. The number of Topliss-reactive ketones (excluding diaryl/α,β-unsaturated/α-hetero) is 1. The van der Waals surface area contributed by atoms with Crippen molar-refractivity contribution in [2.45, 2.75) is 26.3 Å². The van der Waals surface area contributed by atoms with Crippen molar-refractivity contribution in [2.75, 3.05) is 31.0 Å². The van der Waals surface area contributed by atoms with Crippen molar-refractivity contribution in [3.8, 4) is 5.75 Å². The van der Waals surface area contributed by atoms with Gasteiger partial charge >= 0.3 is 5.97 Å². The zero-order chi connectivity index (χ0) is 27.7. The molecule has 0 saturated carbocycles. The van der Waals surface area contributed by atoms with Gasteiger partial charge in [0.25, 0.3) is 11.7 Å². The number of nitrogens with zero attached hydrogens (tertiary/aromatic N) is 2. The topological polar surface area (TPSA) is 107 Å². The first-order valence-electron chi connectivity index (χ1n) is 12.1. The lowest BCUT2D eigenvalue weighted by Gasteiger charge is -2.26. The van der Waals surface area contributed by atoms with E-state index in [2.05, 4.69) is 0 Å². The lowest BCUT2D eigenvalue weighted by molar-refractivity contribution is -0.136. The van der Waals surface area contributed by atoms with Crippen LogP contribution in [0, 0.1) is 13.8 Å². The van der Waals surface area contributed by atoms with E-state index in [4.69, 9.17) is 9.84 Å². The van der Waals surface area contributed by atoms with Crippen LogP contribution >= 0.6 is 0 Å². The molecular weight excluding hydrogens is 484 g/mol. The fourth-order valence-corrected chi connectivity index (χ4v) is 4.73. The first-order chi connectivity index (χ1) is 18.0. The van der Waals surface area contributed by atoms with Crippen LogP contribution in [-0.4, -0.2) is 49.1 Å². The Balaban J connectivity index is 1.91. The van der Waals surface area contributed by atoms with Gasteiger partial charge in [0.1, 0.15) is 11.5 Å². The zero-order valence-electron chi connectivity index (χ0n) is 22.0. The number of carboxylic acids is 1. The molecule has 1 unspecified atom stereocenters. The van der Waals surface area contributed by atoms with Gasteiger partial charge in [-0.05, 0) is 72.5 Å². The van der Waals surface area contributed by atoms with Crippen molar-refractivity contribution in [3.63, 3.8) is 0 Å². The van der Waals surface area contributed by atoms with Crippen molar-refractivity contribution < 1.29 is 29.3 Å². The van der Waals surface area contributed by atoms with E-state index < -0.39 is 23.7 Å². The second-order valence-corrected chi connectivity index (χ2v) is 9.53. The number of ether oxygens (including phenoxy) is 1. The van der Waals surface area contributed by atoms with Gasteiger partial charge in [-0.3, -0.25) is 19.3 Å². The number of aliphatic hydroxyl groups excluding tert-OH is 1. The minimum Gasteiger partial charge on any atom is -0.507 e. The zero-order valence-corrected chi connectivity index (χ0v) is 22.0. The number of benzene rings is 3. The van der Waals surface area contributed by atoms with Crippen LogP contribution in [0.15, 0.2) is 66.2 Å². The van der Waals surface area contributed by atoms with Gasteiger partial charge < -0.3 is 19.8 Å². The first kappa shape index (κ1) is 26.5. The quantitative estimate of drug-likeness (QED) is 0.269. The molecule has 1 aliphatic rings. The summed E-state index contributed by atoms with van der Waals surface area (Å²) in [5, 5.41) is 20.6. The molecule has 196 valence electrons. The number of aliphatic carboxylic acids is 1. The highest BCUT2D eigenvalue weighted by Gasteiger charge is 2.47. The summed E-state index contributed by atoms with van der Waals surface area (Å²) in [5.74, 6) is -2.16. The highest BCUT2D eigenvalue weighted by atomic mass is 16.5. The van der Waals surface area contributed by atoms with E-state index in [1.165, 1.54) is 4.90 Å². The van der Waals surface area contributed by atoms with Crippen LogP contribution in [-0.2, 0) is 20.8 Å². The van der Waals surface area contributed by atoms with E-state index >= 15 is 0 Å². The number of carbonyl (C=O) groups excluding carboxylic acids is 2. The average molecular weight is 515 g/mol. The second-order valence-electron chi connectivity index (χ2n) is 9.53. The first-order valence-corrected chi connectivity index (χ1v) is 12.1. The molecule has 0 aliphatic carbocycles. The van der Waals surface area contributed by atoms with Gasteiger partial charge in [0.15, 0.2) is 0 Å². The Labute approximate surface area is 221 Å². The average Bonchev–Trinajstić information content (AvgIpc) is 3.15. The Morgan fingerprint density at radius 2 is 1.58 bits per heavy atom. The van der Waals surface area contributed by atoms with Crippen LogP contribution in [0.1, 0.15) is 33.9 Å². The van der Waals surface area contributed by atoms with Crippen LogP contribution in [0.5, 0.6) is 5.75 Å². The molecule has 4 rings (SSSR count). The largest absolute Gasteiger partial charge is 0.507 e. The normalized spacial score (nSPS) is 16.6. The highest BCUT2D eigenvalue weighted by Crippen LogP contribution is 2.43. The van der Waals surface area contributed by atoms with Gasteiger partial charge in [-0.25, -0.2) is 0 Å². The maximum absolute atomic E-state index is 13.5. The molecule has 1 heterocycles. The summed E-state index contributed by atoms with van der Waals surface area (Å²) in [7, 11) is 5.38. The monoisotopic (exact) mass is 514 g/mol. The molecule has 0 spiro atoms. The van der Waals surface area contributed by atoms with Crippen molar-refractivity contribution >= 4 is 34.8 Å². The number of amides is 1. The Hall–Kier alpha value is -4.59. The van der Waals surface area contributed by atoms with Gasteiger partial charge in [-0.2, -0.15) is 0 Å². The van der Waals surface area contributed by atoms with E-state index in [9.17, 15) is 19.5 Å². The predicted molar refractivity (Wildman–Crippen MR) is 146 cm³/mol. The summed E-state index contributed by atoms with van der Waals surface area (Å²) in [6.45, 7) is 3.64. The SMILES string of the molecule is COc1cc(C)c(/C(O)=C2\C(=O)C(=O)N(c3ccc(CC(=O)O)cc3)C2c2ccc(N(C)C)cc2)cc1C. The second kappa shape index (κ2) is 10.4.